The second kappa shape index (κ2) is 7.66. The summed E-state index contributed by atoms with van der Waals surface area (Å²) in [5.41, 5.74) is 10.3. The normalized spacial score (nSPS) is 16.6. The zero-order valence-corrected chi connectivity index (χ0v) is 16.3. The molecule has 0 aliphatic carbocycles. The van der Waals surface area contributed by atoms with Crippen molar-refractivity contribution in [2.24, 2.45) is 5.73 Å². The molecule has 1 aliphatic heterocycles. The van der Waals surface area contributed by atoms with E-state index in [0.717, 1.165) is 24.9 Å². The molecule has 0 spiro atoms. The van der Waals surface area contributed by atoms with Gasteiger partial charge in [-0.3, -0.25) is 4.79 Å². The smallest absolute Gasteiger partial charge is 0.259 e. The number of amides is 1. The molecule has 142 valence electrons. The van der Waals surface area contributed by atoms with Crippen molar-refractivity contribution < 1.29 is 9.32 Å². The van der Waals surface area contributed by atoms with Gasteiger partial charge >= 0.3 is 0 Å². The molecule has 1 aliphatic rings. The maximum absolute atomic E-state index is 13.3. The molecule has 1 fully saturated rings. The maximum Gasteiger partial charge on any atom is 0.259 e. The molecule has 1 amide bonds. The average molecular weight is 387 g/mol. The number of pyridine rings is 1. The van der Waals surface area contributed by atoms with Gasteiger partial charge in [0.05, 0.1) is 22.3 Å². The number of aryl methyl sites for hydroxylation is 2. The summed E-state index contributed by atoms with van der Waals surface area (Å²) in [6.07, 6.45) is 1.93. The second-order valence-electron chi connectivity index (χ2n) is 6.90. The highest BCUT2D eigenvalue weighted by atomic mass is 35.5. The van der Waals surface area contributed by atoms with Crippen LogP contribution in [0.25, 0.3) is 22.4 Å². The highest BCUT2D eigenvalue weighted by Gasteiger charge is 2.31. The predicted molar refractivity (Wildman–Crippen MR) is 107 cm³/mol. The fraction of sp³-hybridized carbons (Fsp3) is 0.350. The number of rotatable bonds is 3. The monoisotopic (exact) mass is 386 g/mol. The summed E-state index contributed by atoms with van der Waals surface area (Å²) in [7, 11) is 0. The standard InChI is InChI=1S/C20H22N4O2.ClH/c1-12-5-7-14(8-6-12)17-10-16(18-13(2)23-26-19(18)22-17)20(25)24-9-3-4-15(24)11-21;/h5-8,10,15H,3-4,9,11,21H2,1-2H3;1H. The first kappa shape index (κ1) is 19.3. The lowest BCUT2D eigenvalue weighted by molar-refractivity contribution is 0.0743. The van der Waals surface area contributed by atoms with Gasteiger partial charge in [-0.05, 0) is 32.8 Å². The molecule has 27 heavy (non-hydrogen) atoms. The van der Waals surface area contributed by atoms with Gasteiger partial charge in [-0.25, -0.2) is 4.98 Å². The van der Waals surface area contributed by atoms with E-state index in [1.54, 1.807) is 0 Å². The van der Waals surface area contributed by atoms with Gasteiger partial charge in [-0.2, -0.15) is 0 Å². The number of likely N-dealkylation sites (tertiary alicyclic amines) is 1. The van der Waals surface area contributed by atoms with Crippen molar-refractivity contribution in [3.63, 3.8) is 0 Å². The highest BCUT2D eigenvalue weighted by Crippen LogP contribution is 2.30. The van der Waals surface area contributed by atoms with Crippen LogP contribution in [0.1, 0.15) is 34.5 Å². The third-order valence-electron chi connectivity index (χ3n) is 5.10. The zero-order chi connectivity index (χ0) is 18.3. The van der Waals surface area contributed by atoms with E-state index in [2.05, 4.69) is 10.1 Å². The SMILES string of the molecule is Cc1ccc(-c2cc(C(=O)N3CCCC3CN)c3c(C)noc3n2)cc1.Cl. The van der Waals surface area contributed by atoms with Crippen LogP contribution in [0.5, 0.6) is 0 Å². The number of halogens is 1. The van der Waals surface area contributed by atoms with Crippen molar-refractivity contribution in [3.05, 3.63) is 47.2 Å². The first-order chi connectivity index (χ1) is 12.6. The van der Waals surface area contributed by atoms with Crippen LogP contribution in [0.2, 0.25) is 0 Å². The number of fused-ring (bicyclic) bond motifs is 1. The molecule has 2 aromatic heterocycles. The number of benzene rings is 1. The number of carbonyl (C=O) groups is 1. The van der Waals surface area contributed by atoms with E-state index in [0.29, 0.717) is 34.6 Å². The van der Waals surface area contributed by atoms with Crippen LogP contribution in [0.15, 0.2) is 34.9 Å². The minimum Gasteiger partial charge on any atom is -0.335 e. The van der Waals surface area contributed by atoms with Gasteiger partial charge in [0, 0.05) is 24.7 Å². The van der Waals surface area contributed by atoms with Gasteiger partial charge in [0.25, 0.3) is 11.6 Å². The van der Waals surface area contributed by atoms with E-state index in [1.807, 2.05) is 49.1 Å². The van der Waals surface area contributed by atoms with E-state index >= 15 is 0 Å². The predicted octanol–water partition coefficient (Wildman–Crippen LogP) is 3.49. The fourth-order valence-electron chi connectivity index (χ4n) is 3.64. The van der Waals surface area contributed by atoms with E-state index in [1.165, 1.54) is 5.56 Å². The highest BCUT2D eigenvalue weighted by molar-refractivity contribution is 6.07. The van der Waals surface area contributed by atoms with Crippen LogP contribution in [-0.2, 0) is 0 Å². The number of nitrogens with zero attached hydrogens (tertiary/aromatic N) is 3. The quantitative estimate of drug-likeness (QED) is 0.744. The second-order valence-corrected chi connectivity index (χ2v) is 6.90. The van der Waals surface area contributed by atoms with Crippen molar-refractivity contribution in [2.45, 2.75) is 32.7 Å². The minimum atomic E-state index is -0.0231. The van der Waals surface area contributed by atoms with Gasteiger partial charge in [-0.15, -0.1) is 12.4 Å². The number of carbonyl (C=O) groups excluding carboxylic acids is 1. The number of hydrogen-bond donors (Lipinski definition) is 1. The van der Waals surface area contributed by atoms with Crippen molar-refractivity contribution in [1.29, 1.82) is 0 Å². The first-order valence-electron chi connectivity index (χ1n) is 8.93. The molecule has 0 bridgehead atoms. The Labute approximate surface area is 164 Å². The molecular formula is C20H23ClN4O2. The topological polar surface area (TPSA) is 85.2 Å². The molecule has 7 heteroatoms. The maximum atomic E-state index is 13.3. The molecule has 3 aromatic rings. The van der Waals surface area contributed by atoms with Crippen LogP contribution in [-0.4, -0.2) is 40.1 Å². The first-order valence-corrected chi connectivity index (χ1v) is 8.93. The average Bonchev–Trinajstić information content (AvgIpc) is 3.28. The summed E-state index contributed by atoms with van der Waals surface area (Å²) < 4.78 is 5.38. The molecule has 3 heterocycles. The fourth-order valence-corrected chi connectivity index (χ4v) is 3.64. The zero-order valence-electron chi connectivity index (χ0n) is 15.4. The summed E-state index contributed by atoms with van der Waals surface area (Å²) in [6.45, 7) is 5.08. The molecule has 0 radical (unpaired) electrons. The van der Waals surface area contributed by atoms with Crippen LogP contribution >= 0.6 is 12.4 Å². The molecule has 1 unspecified atom stereocenters. The molecule has 2 N–H and O–H groups in total. The lowest BCUT2D eigenvalue weighted by Gasteiger charge is -2.24. The van der Waals surface area contributed by atoms with E-state index in [4.69, 9.17) is 10.3 Å². The summed E-state index contributed by atoms with van der Waals surface area (Å²) >= 11 is 0. The van der Waals surface area contributed by atoms with E-state index in [-0.39, 0.29) is 24.4 Å². The molecule has 0 saturated carbocycles. The lowest BCUT2D eigenvalue weighted by Crippen LogP contribution is -2.40. The third kappa shape index (κ3) is 3.42. The van der Waals surface area contributed by atoms with Gasteiger partial charge in [0.15, 0.2) is 0 Å². The van der Waals surface area contributed by atoms with Gasteiger partial charge < -0.3 is 15.2 Å². The van der Waals surface area contributed by atoms with Crippen molar-refractivity contribution in [3.8, 4) is 11.3 Å². The van der Waals surface area contributed by atoms with Crippen LogP contribution in [0.4, 0.5) is 0 Å². The van der Waals surface area contributed by atoms with Gasteiger partial charge in [0.1, 0.15) is 0 Å². The summed E-state index contributed by atoms with van der Waals surface area (Å²) in [5, 5.41) is 4.71. The Balaban J connectivity index is 0.00000210. The minimum absolute atomic E-state index is 0. The summed E-state index contributed by atoms with van der Waals surface area (Å²) in [4.78, 5) is 19.7. The third-order valence-corrected chi connectivity index (χ3v) is 5.10. The number of nitrogens with two attached hydrogens (primary N) is 1. The Bertz CT molecular complexity index is 968. The lowest BCUT2D eigenvalue weighted by atomic mass is 10.0. The molecule has 1 atom stereocenters. The number of aromatic nitrogens is 2. The van der Waals surface area contributed by atoms with Crippen molar-refractivity contribution in [2.75, 3.05) is 13.1 Å². The molecule has 4 rings (SSSR count). The van der Waals surface area contributed by atoms with E-state index in [9.17, 15) is 4.79 Å². The Kier molecular flexibility index (Phi) is 5.48. The molecule has 1 saturated heterocycles. The van der Waals surface area contributed by atoms with Crippen molar-refractivity contribution in [1.82, 2.24) is 15.0 Å². The Morgan fingerprint density at radius 1 is 1.30 bits per heavy atom. The van der Waals surface area contributed by atoms with Crippen molar-refractivity contribution >= 4 is 29.4 Å². The summed E-state index contributed by atoms with van der Waals surface area (Å²) in [6, 6.07) is 10.00. The van der Waals surface area contributed by atoms with Gasteiger partial charge in [-0.1, -0.05) is 35.0 Å². The Morgan fingerprint density at radius 2 is 2.04 bits per heavy atom. The van der Waals surface area contributed by atoms with E-state index < -0.39 is 0 Å². The number of hydrogen-bond acceptors (Lipinski definition) is 5. The summed E-state index contributed by atoms with van der Waals surface area (Å²) in [5.74, 6) is -0.0231. The van der Waals surface area contributed by atoms with Crippen LogP contribution in [0.3, 0.4) is 0 Å². The molecule has 6 nitrogen and oxygen atoms in total. The van der Waals surface area contributed by atoms with Crippen LogP contribution in [0, 0.1) is 13.8 Å². The molecular weight excluding hydrogens is 364 g/mol. The molecule has 1 aromatic carbocycles. The van der Waals surface area contributed by atoms with Gasteiger partial charge in [0.2, 0.25) is 0 Å². The largest absolute Gasteiger partial charge is 0.335 e. The Morgan fingerprint density at radius 3 is 2.74 bits per heavy atom. The Hall–Kier alpha value is -2.44. The van der Waals surface area contributed by atoms with Crippen LogP contribution < -0.4 is 5.73 Å².